The molecule has 66 valence electrons. The first-order valence-electron chi connectivity index (χ1n) is 4.06. The third-order valence-corrected chi connectivity index (χ3v) is 1.70. The van der Waals surface area contributed by atoms with Crippen molar-refractivity contribution in [3.05, 3.63) is 17.8 Å². The van der Waals surface area contributed by atoms with Gasteiger partial charge in [0.15, 0.2) is 11.6 Å². The lowest BCUT2D eigenvalue weighted by Crippen LogP contribution is -1.97. The standard InChI is InChI=1S/C9H14N2O/c1-3-4-7-5-8(12-2)9(10)11-6-7/h5-6H,3-4H2,1-2H3,(H2,10,11). The molecule has 12 heavy (non-hydrogen) atoms. The molecule has 0 saturated heterocycles. The summed E-state index contributed by atoms with van der Waals surface area (Å²) in [5.41, 5.74) is 6.73. The van der Waals surface area contributed by atoms with Crippen molar-refractivity contribution in [3.8, 4) is 5.75 Å². The molecule has 1 heterocycles. The highest BCUT2D eigenvalue weighted by Gasteiger charge is 2.00. The molecular formula is C9H14N2O. The summed E-state index contributed by atoms with van der Waals surface area (Å²) in [5, 5.41) is 0. The fourth-order valence-corrected chi connectivity index (χ4v) is 1.08. The molecule has 2 N–H and O–H groups in total. The maximum atomic E-state index is 5.56. The maximum absolute atomic E-state index is 5.56. The number of nitrogens with zero attached hydrogens (tertiary/aromatic N) is 1. The van der Waals surface area contributed by atoms with Crippen molar-refractivity contribution in [1.82, 2.24) is 4.98 Å². The number of pyridine rings is 1. The van der Waals surface area contributed by atoms with E-state index in [4.69, 9.17) is 10.5 Å². The van der Waals surface area contributed by atoms with Gasteiger partial charge in [-0.1, -0.05) is 13.3 Å². The molecule has 0 spiro atoms. The number of aryl methyl sites for hydroxylation is 1. The van der Waals surface area contributed by atoms with Crippen molar-refractivity contribution in [2.75, 3.05) is 12.8 Å². The van der Waals surface area contributed by atoms with Gasteiger partial charge in [0.1, 0.15) is 0 Å². The lowest BCUT2D eigenvalue weighted by atomic mass is 10.2. The van der Waals surface area contributed by atoms with Gasteiger partial charge < -0.3 is 10.5 Å². The third kappa shape index (κ3) is 1.87. The number of aromatic nitrogens is 1. The molecule has 0 aliphatic carbocycles. The van der Waals surface area contributed by atoms with Gasteiger partial charge in [-0.15, -0.1) is 0 Å². The minimum Gasteiger partial charge on any atom is -0.493 e. The Morgan fingerprint density at radius 3 is 2.92 bits per heavy atom. The van der Waals surface area contributed by atoms with E-state index in [1.165, 1.54) is 5.56 Å². The molecule has 0 radical (unpaired) electrons. The van der Waals surface area contributed by atoms with Crippen molar-refractivity contribution in [2.24, 2.45) is 0 Å². The van der Waals surface area contributed by atoms with Crippen LogP contribution in [0.2, 0.25) is 0 Å². The van der Waals surface area contributed by atoms with Crippen LogP contribution in [0.5, 0.6) is 5.75 Å². The monoisotopic (exact) mass is 166 g/mol. The summed E-state index contributed by atoms with van der Waals surface area (Å²) in [6.45, 7) is 2.13. The van der Waals surface area contributed by atoms with Crippen molar-refractivity contribution < 1.29 is 4.74 Å². The normalized spacial score (nSPS) is 9.83. The van der Waals surface area contributed by atoms with Crippen molar-refractivity contribution in [3.63, 3.8) is 0 Å². The SMILES string of the molecule is CCCc1cnc(N)c(OC)c1. The molecule has 0 aromatic carbocycles. The lowest BCUT2D eigenvalue weighted by molar-refractivity contribution is 0.415. The van der Waals surface area contributed by atoms with Crippen molar-refractivity contribution in [2.45, 2.75) is 19.8 Å². The van der Waals surface area contributed by atoms with E-state index in [0.29, 0.717) is 11.6 Å². The van der Waals surface area contributed by atoms with Crippen LogP contribution in [-0.4, -0.2) is 12.1 Å². The minimum absolute atomic E-state index is 0.456. The average Bonchev–Trinajstić information content (AvgIpc) is 2.09. The predicted molar refractivity (Wildman–Crippen MR) is 49.2 cm³/mol. The first kappa shape index (κ1) is 8.84. The van der Waals surface area contributed by atoms with Crippen molar-refractivity contribution in [1.29, 1.82) is 0 Å². The number of anilines is 1. The largest absolute Gasteiger partial charge is 0.493 e. The molecule has 0 fully saturated rings. The van der Waals surface area contributed by atoms with Crippen molar-refractivity contribution >= 4 is 5.82 Å². The van der Waals surface area contributed by atoms with E-state index in [1.54, 1.807) is 13.3 Å². The van der Waals surface area contributed by atoms with Gasteiger partial charge in [-0.2, -0.15) is 0 Å². The Balaban J connectivity index is 2.89. The number of nitrogens with two attached hydrogens (primary N) is 1. The molecule has 0 aliphatic heterocycles. The highest BCUT2D eigenvalue weighted by Crippen LogP contribution is 2.19. The predicted octanol–water partition coefficient (Wildman–Crippen LogP) is 1.62. The van der Waals surface area contributed by atoms with E-state index in [-0.39, 0.29) is 0 Å². The highest BCUT2D eigenvalue weighted by molar-refractivity contribution is 5.46. The van der Waals surface area contributed by atoms with Crippen LogP contribution >= 0.6 is 0 Å². The Morgan fingerprint density at radius 2 is 2.33 bits per heavy atom. The van der Waals surface area contributed by atoms with E-state index < -0.39 is 0 Å². The molecule has 1 aromatic rings. The van der Waals surface area contributed by atoms with E-state index in [2.05, 4.69) is 11.9 Å². The summed E-state index contributed by atoms with van der Waals surface area (Å²) in [6, 6.07) is 1.94. The van der Waals surface area contributed by atoms with Gasteiger partial charge in [-0.05, 0) is 18.1 Å². The van der Waals surface area contributed by atoms with E-state index >= 15 is 0 Å². The molecule has 1 rings (SSSR count). The summed E-state index contributed by atoms with van der Waals surface area (Å²) in [4.78, 5) is 4.02. The number of nitrogen functional groups attached to an aromatic ring is 1. The summed E-state index contributed by atoms with van der Waals surface area (Å²) < 4.78 is 5.04. The first-order valence-corrected chi connectivity index (χ1v) is 4.06. The van der Waals surface area contributed by atoms with Crippen LogP contribution in [0.1, 0.15) is 18.9 Å². The average molecular weight is 166 g/mol. The Kier molecular flexibility index (Phi) is 2.91. The van der Waals surface area contributed by atoms with Crippen LogP contribution in [0, 0.1) is 0 Å². The molecule has 0 aliphatic rings. The Hall–Kier alpha value is -1.25. The fraction of sp³-hybridized carbons (Fsp3) is 0.444. The topological polar surface area (TPSA) is 48.1 Å². The summed E-state index contributed by atoms with van der Waals surface area (Å²) >= 11 is 0. The van der Waals surface area contributed by atoms with Gasteiger partial charge in [0.05, 0.1) is 7.11 Å². The number of rotatable bonds is 3. The summed E-state index contributed by atoms with van der Waals surface area (Å²) in [6.07, 6.45) is 3.92. The second kappa shape index (κ2) is 3.95. The molecule has 0 atom stereocenters. The number of hydrogen-bond acceptors (Lipinski definition) is 3. The third-order valence-electron chi connectivity index (χ3n) is 1.70. The Morgan fingerprint density at radius 1 is 1.58 bits per heavy atom. The van der Waals surface area contributed by atoms with Crippen LogP contribution in [0.15, 0.2) is 12.3 Å². The number of ether oxygens (including phenoxy) is 1. The number of hydrogen-bond donors (Lipinski definition) is 1. The van der Waals surface area contributed by atoms with Gasteiger partial charge >= 0.3 is 0 Å². The van der Waals surface area contributed by atoms with E-state index in [1.807, 2.05) is 6.07 Å². The highest BCUT2D eigenvalue weighted by atomic mass is 16.5. The van der Waals surface area contributed by atoms with Gasteiger partial charge in [0.2, 0.25) is 0 Å². The Labute approximate surface area is 72.6 Å². The minimum atomic E-state index is 0.456. The molecule has 1 aromatic heterocycles. The zero-order valence-corrected chi connectivity index (χ0v) is 7.50. The second-order valence-corrected chi connectivity index (χ2v) is 2.68. The quantitative estimate of drug-likeness (QED) is 0.742. The second-order valence-electron chi connectivity index (χ2n) is 2.68. The maximum Gasteiger partial charge on any atom is 0.166 e. The van der Waals surface area contributed by atoms with E-state index in [0.717, 1.165) is 12.8 Å². The summed E-state index contributed by atoms with van der Waals surface area (Å²) in [7, 11) is 1.60. The zero-order chi connectivity index (χ0) is 8.97. The molecular weight excluding hydrogens is 152 g/mol. The molecule has 3 nitrogen and oxygen atoms in total. The molecule has 0 amide bonds. The Bertz CT molecular complexity index is 261. The molecule has 0 unspecified atom stereocenters. The van der Waals surface area contributed by atoms with Crippen LogP contribution in [0.4, 0.5) is 5.82 Å². The van der Waals surface area contributed by atoms with Crippen LogP contribution in [-0.2, 0) is 6.42 Å². The molecule has 0 bridgehead atoms. The fourth-order valence-electron chi connectivity index (χ4n) is 1.08. The van der Waals surface area contributed by atoms with Gasteiger partial charge in [0.25, 0.3) is 0 Å². The van der Waals surface area contributed by atoms with E-state index in [9.17, 15) is 0 Å². The number of methoxy groups -OCH3 is 1. The van der Waals surface area contributed by atoms with Gasteiger partial charge in [0, 0.05) is 6.20 Å². The first-order chi connectivity index (χ1) is 5.77. The molecule has 0 saturated carbocycles. The smallest absolute Gasteiger partial charge is 0.166 e. The van der Waals surface area contributed by atoms with Gasteiger partial charge in [-0.25, -0.2) is 4.98 Å². The van der Waals surface area contributed by atoms with Crippen LogP contribution < -0.4 is 10.5 Å². The van der Waals surface area contributed by atoms with Gasteiger partial charge in [-0.3, -0.25) is 0 Å². The molecule has 3 heteroatoms. The van der Waals surface area contributed by atoms with Crippen LogP contribution in [0.25, 0.3) is 0 Å². The lowest BCUT2D eigenvalue weighted by Gasteiger charge is -2.04. The summed E-state index contributed by atoms with van der Waals surface area (Å²) in [5.74, 6) is 1.12. The zero-order valence-electron chi connectivity index (χ0n) is 7.50. The van der Waals surface area contributed by atoms with Crippen LogP contribution in [0.3, 0.4) is 0 Å².